The van der Waals surface area contributed by atoms with Crippen LogP contribution in [0.4, 0.5) is 4.39 Å². The van der Waals surface area contributed by atoms with Crippen LogP contribution >= 0.6 is 22.9 Å². The lowest BCUT2D eigenvalue weighted by Gasteiger charge is -1.96. The van der Waals surface area contributed by atoms with Crippen LogP contribution in [0, 0.1) is 12.7 Å². The zero-order valence-corrected chi connectivity index (χ0v) is 13.0. The van der Waals surface area contributed by atoms with Gasteiger partial charge in [-0.1, -0.05) is 11.6 Å². The molecular formula is C15H10ClFN2O2S. The molecule has 3 rings (SSSR count). The molecule has 0 spiro atoms. The second kappa shape index (κ2) is 5.90. The third-order valence-electron chi connectivity index (χ3n) is 2.92. The van der Waals surface area contributed by atoms with Crippen molar-refractivity contribution in [3.05, 3.63) is 57.6 Å². The van der Waals surface area contributed by atoms with Gasteiger partial charge in [-0.3, -0.25) is 4.79 Å². The van der Waals surface area contributed by atoms with E-state index in [1.165, 1.54) is 18.3 Å². The summed E-state index contributed by atoms with van der Waals surface area (Å²) >= 11 is 7.28. The molecule has 7 heteroatoms. The van der Waals surface area contributed by atoms with Crippen LogP contribution in [0.25, 0.3) is 10.1 Å². The van der Waals surface area contributed by atoms with E-state index in [-0.39, 0.29) is 10.7 Å². The molecule has 1 aromatic carbocycles. The van der Waals surface area contributed by atoms with Crippen molar-refractivity contribution >= 4 is 45.1 Å². The van der Waals surface area contributed by atoms with E-state index in [2.05, 4.69) is 10.5 Å². The van der Waals surface area contributed by atoms with E-state index in [0.29, 0.717) is 20.9 Å². The molecular weight excluding hydrogens is 327 g/mol. The molecule has 0 saturated carbocycles. The number of carbonyl (C=O) groups is 1. The van der Waals surface area contributed by atoms with E-state index < -0.39 is 5.91 Å². The van der Waals surface area contributed by atoms with Crippen molar-refractivity contribution in [3.63, 3.8) is 0 Å². The summed E-state index contributed by atoms with van der Waals surface area (Å²) in [7, 11) is 0. The molecule has 112 valence electrons. The monoisotopic (exact) mass is 336 g/mol. The van der Waals surface area contributed by atoms with Crippen LogP contribution < -0.4 is 5.43 Å². The molecule has 22 heavy (non-hydrogen) atoms. The second-order valence-electron chi connectivity index (χ2n) is 4.53. The van der Waals surface area contributed by atoms with Crippen molar-refractivity contribution in [1.82, 2.24) is 5.43 Å². The molecule has 0 aliphatic carbocycles. The highest BCUT2D eigenvalue weighted by atomic mass is 35.5. The zero-order valence-electron chi connectivity index (χ0n) is 11.4. The Morgan fingerprint density at radius 3 is 2.95 bits per heavy atom. The Balaban J connectivity index is 1.80. The Bertz CT molecular complexity index is 885. The fourth-order valence-electron chi connectivity index (χ4n) is 1.91. The van der Waals surface area contributed by atoms with Crippen molar-refractivity contribution in [2.75, 3.05) is 0 Å². The van der Waals surface area contributed by atoms with Gasteiger partial charge in [-0.15, -0.1) is 11.3 Å². The minimum absolute atomic E-state index is 0.287. The van der Waals surface area contributed by atoms with Gasteiger partial charge < -0.3 is 4.42 Å². The third-order valence-corrected chi connectivity index (χ3v) is 4.57. The van der Waals surface area contributed by atoms with E-state index in [9.17, 15) is 9.18 Å². The molecule has 0 aliphatic heterocycles. The summed E-state index contributed by atoms with van der Waals surface area (Å²) in [5, 5.41) is 4.75. The lowest BCUT2D eigenvalue weighted by atomic mass is 10.2. The third kappa shape index (κ3) is 2.88. The van der Waals surface area contributed by atoms with Gasteiger partial charge in [-0.25, -0.2) is 9.82 Å². The number of hydrogen-bond donors (Lipinski definition) is 1. The average Bonchev–Trinajstić information content (AvgIpc) is 3.03. The van der Waals surface area contributed by atoms with Gasteiger partial charge in [0.15, 0.2) is 0 Å². The van der Waals surface area contributed by atoms with Gasteiger partial charge in [0.2, 0.25) is 0 Å². The van der Waals surface area contributed by atoms with Crippen LogP contribution in [0.15, 0.2) is 39.9 Å². The lowest BCUT2D eigenvalue weighted by Crippen LogP contribution is -2.16. The first-order valence-electron chi connectivity index (χ1n) is 6.32. The first-order chi connectivity index (χ1) is 10.5. The van der Waals surface area contributed by atoms with Crippen LogP contribution in [0.2, 0.25) is 5.02 Å². The van der Waals surface area contributed by atoms with Crippen LogP contribution in [0.1, 0.15) is 21.2 Å². The second-order valence-corrected chi connectivity index (χ2v) is 5.96. The predicted octanol–water partition coefficient (Wildman–Crippen LogP) is 4.36. The Hall–Kier alpha value is -2.18. The number of halogens is 2. The Morgan fingerprint density at radius 2 is 2.23 bits per heavy atom. The quantitative estimate of drug-likeness (QED) is 0.570. The molecule has 0 fully saturated rings. The highest BCUT2D eigenvalue weighted by molar-refractivity contribution is 7.21. The first-order valence-corrected chi connectivity index (χ1v) is 7.51. The number of hydrogen-bond acceptors (Lipinski definition) is 4. The highest BCUT2D eigenvalue weighted by Gasteiger charge is 2.17. The maximum absolute atomic E-state index is 13.2. The largest absolute Gasteiger partial charge is 0.460 e. The fraction of sp³-hybridized carbons (Fsp3) is 0.0667. The van der Waals surface area contributed by atoms with Gasteiger partial charge in [0.05, 0.1) is 11.2 Å². The summed E-state index contributed by atoms with van der Waals surface area (Å²) in [6, 6.07) is 7.73. The molecule has 4 nitrogen and oxygen atoms in total. The maximum atomic E-state index is 13.2. The number of aryl methyl sites for hydroxylation is 1. The number of benzene rings is 1. The van der Waals surface area contributed by atoms with E-state index in [1.807, 2.05) is 6.92 Å². The summed E-state index contributed by atoms with van der Waals surface area (Å²) in [5.41, 5.74) is 2.38. The predicted molar refractivity (Wildman–Crippen MR) is 85.3 cm³/mol. The summed E-state index contributed by atoms with van der Waals surface area (Å²) in [5.74, 6) is 0.458. The first kappa shape index (κ1) is 14.7. The molecule has 2 aromatic heterocycles. The minimum atomic E-state index is -0.453. The van der Waals surface area contributed by atoms with Crippen LogP contribution in [-0.2, 0) is 0 Å². The van der Waals surface area contributed by atoms with Gasteiger partial charge in [0.25, 0.3) is 5.91 Å². The number of rotatable bonds is 3. The van der Waals surface area contributed by atoms with Crippen molar-refractivity contribution < 1.29 is 13.6 Å². The number of fused-ring (bicyclic) bond motifs is 1. The molecule has 0 aliphatic rings. The highest BCUT2D eigenvalue weighted by Crippen LogP contribution is 2.35. The Labute approximate surface area is 134 Å². The van der Waals surface area contributed by atoms with Gasteiger partial charge in [-0.2, -0.15) is 5.10 Å². The Morgan fingerprint density at radius 1 is 1.41 bits per heavy atom. The molecule has 0 unspecified atom stereocenters. The van der Waals surface area contributed by atoms with Gasteiger partial charge in [0.1, 0.15) is 22.2 Å². The van der Waals surface area contributed by atoms with Crippen molar-refractivity contribution in [2.45, 2.75) is 6.92 Å². The van der Waals surface area contributed by atoms with Crippen molar-refractivity contribution in [3.8, 4) is 0 Å². The summed E-state index contributed by atoms with van der Waals surface area (Å²) in [6.07, 6.45) is 1.39. The summed E-state index contributed by atoms with van der Waals surface area (Å²) < 4.78 is 19.1. The molecule has 3 aromatic rings. The zero-order chi connectivity index (χ0) is 15.7. The minimum Gasteiger partial charge on any atom is -0.460 e. The van der Waals surface area contributed by atoms with E-state index >= 15 is 0 Å². The molecule has 1 N–H and O–H groups in total. The van der Waals surface area contributed by atoms with Crippen LogP contribution in [-0.4, -0.2) is 12.1 Å². The number of furan rings is 1. The summed E-state index contributed by atoms with van der Waals surface area (Å²) in [6.45, 7) is 1.81. The number of hydrazone groups is 1. The van der Waals surface area contributed by atoms with Crippen molar-refractivity contribution in [2.24, 2.45) is 5.10 Å². The standard InChI is InChI=1S/C15H10ClFN2O2S/c1-8-2-4-10(21-8)7-18-19-15(20)14-13(16)11-5-3-9(17)6-12(11)22-14/h2-7H,1H3,(H,19,20)/b18-7-. The van der Waals surface area contributed by atoms with Gasteiger partial charge >= 0.3 is 0 Å². The van der Waals surface area contributed by atoms with E-state index in [1.54, 1.807) is 18.2 Å². The average molecular weight is 337 g/mol. The Kier molecular flexibility index (Phi) is 3.96. The normalized spacial score (nSPS) is 11.4. The lowest BCUT2D eigenvalue weighted by molar-refractivity contribution is 0.0959. The summed E-state index contributed by atoms with van der Waals surface area (Å²) in [4.78, 5) is 12.4. The van der Waals surface area contributed by atoms with Crippen LogP contribution in [0.3, 0.4) is 0 Å². The van der Waals surface area contributed by atoms with E-state index in [0.717, 1.165) is 17.1 Å². The molecule has 0 bridgehead atoms. The number of nitrogens with one attached hydrogen (secondary N) is 1. The number of nitrogens with zero attached hydrogens (tertiary/aromatic N) is 1. The number of amides is 1. The fourth-order valence-corrected chi connectivity index (χ4v) is 3.34. The van der Waals surface area contributed by atoms with Gasteiger partial charge in [0, 0.05) is 10.1 Å². The molecule has 0 radical (unpaired) electrons. The number of carbonyl (C=O) groups excluding carboxylic acids is 1. The number of thiophene rings is 1. The topological polar surface area (TPSA) is 54.6 Å². The molecule has 0 atom stereocenters. The maximum Gasteiger partial charge on any atom is 0.283 e. The SMILES string of the molecule is Cc1ccc(/C=N\NC(=O)c2sc3cc(F)ccc3c2Cl)o1. The molecule has 2 heterocycles. The van der Waals surface area contributed by atoms with Gasteiger partial charge in [-0.05, 0) is 37.3 Å². The van der Waals surface area contributed by atoms with Crippen LogP contribution in [0.5, 0.6) is 0 Å². The van der Waals surface area contributed by atoms with E-state index in [4.69, 9.17) is 16.0 Å². The van der Waals surface area contributed by atoms with Crippen molar-refractivity contribution in [1.29, 1.82) is 0 Å². The molecule has 1 amide bonds. The molecule has 0 saturated heterocycles. The smallest absolute Gasteiger partial charge is 0.283 e.